The molecule has 0 aliphatic heterocycles. The van der Waals surface area contributed by atoms with Crippen molar-refractivity contribution < 1.29 is 19.1 Å². The van der Waals surface area contributed by atoms with Gasteiger partial charge in [0.15, 0.2) is 0 Å². The number of carbonyl (C=O) groups excluding carboxylic acids is 2. The summed E-state index contributed by atoms with van der Waals surface area (Å²) in [6.45, 7) is 5.64. The van der Waals surface area contributed by atoms with E-state index in [0.29, 0.717) is 26.1 Å². The Labute approximate surface area is 345 Å². The Balaban J connectivity index is 3.72. The third-order valence-corrected chi connectivity index (χ3v) is 120. The molecule has 0 aromatic rings. The zero-order valence-electron chi connectivity index (χ0n) is 35.8. The molecule has 0 amide bonds. The molecular formula is C44H86O4S3Sn2. The predicted molar refractivity (Wildman–Crippen MR) is 248 cm³/mol. The molecule has 0 aromatic heterocycles. The fourth-order valence-corrected chi connectivity index (χ4v) is 187. The molecule has 0 aromatic carbocycles. The molecule has 4 nitrogen and oxygen atoms in total. The second-order valence-electron chi connectivity index (χ2n) is 15.7. The second-order valence-corrected chi connectivity index (χ2v) is 82.6. The van der Waals surface area contributed by atoms with E-state index in [1.165, 1.54) is 141 Å². The third-order valence-electron chi connectivity index (χ3n) is 9.37. The molecule has 0 fully saturated rings. The van der Waals surface area contributed by atoms with Crippen molar-refractivity contribution in [1.82, 2.24) is 0 Å². The first-order valence-corrected chi connectivity index (χ1v) is 50.4. The molecule has 53 heavy (non-hydrogen) atoms. The van der Waals surface area contributed by atoms with Crippen LogP contribution in [-0.2, 0) is 19.1 Å². The Kier molecular flexibility index (Phi) is 40.7. The van der Waals surface area contributed by atoms with Crippen molar-refractivity contribution in [3.63, 3.8) is 0 Å². The van der Waals surface area contributed by atoms with E-state index in [-0.39, 0.29) is 11.9 Å². The Hall–Kier alpha value is 1.07. The Morgan fingerprint density at radius 2 is 0.717 bits per heavy atom. The number of hydrogen-bond donors (Lipinski definition) is 0. The standard InChI is InChI=1S/2C20H38O2S.4CH3.S.2Sn/c2*1-2-3-4-5-6-7-8-9-10-11-12-13-14-15-16-17-20(21)22-18-19-23;;;;;;;/h2*9-10,23H,2-8,11-19H2,1H3;4*1H3;;;/q;;;;;;;2*+1/p-2/b2*10-9-;;;;;;;. The summed E-state index contributed by atoms with van der Waals surface area (Å²) in [7, 11) is 4.21. The predicted octanol–water partition coefficient (Wildman–Crippen LogP) is 15.8. The number of hydrogen-bond acceptors (Lipinski definition) is 7. The molecule has 312 valence electrons. The molecule has 9 heteroatoms. The zero-order valence-corrected chi connectivity index (χ0v) is 44.0. The average Bonchev–Trinajstić information content (AvgIpc) is 3.11. The molecule has 0 bridgehead atoms. The van der Waals surface area contributed by atoms with Gasteiger partial charge in [-0.15, -0.1) is 0 Å². The summed E-state index contributed by atoms with van der Waals surface area (Å²) < 4.78 is 11.2. The van der Waals surface area contributed by atoms with Crippen molar-refractivity contribution in [2.75, 3.05) is 24.7 Å². The molecule has 0 heterocycles. The number of unbranched alkanes of at least 4 members (excludes halogenated alkanes) is 22. The molecule has 0 unspecified atom stereocenters. The van der Waals surface area contributed by atoms with Gasteiger partial charge in [0.25, 0.3) is 0 Å². The van der Waals surface area contributed by atoms with Crippen molar-refractivity contribution in [2.45, 2.75) is 213 Å². The second kappa shape index (κ2) is 39.9. The van der Waals surface area contributed by atoms with E-state index in [1.807, 2.05) is 0 Å². The molecule has 0 aliphatic carbocycles. The van der Waals surface area contributed by atoms with Crippen LogP contribution in [-0.4, -0.2) is 67.9 Å². The van der Waals surface area contributed by atoms with Crippen molar-refractivity contribution in [1.29, 1.82) is 0 Å². The van der Waals surface area contributed by atoms with Gasteiger partial charge in [0, 0.05) is 0 Å². The van der Waals surface area contributed by atoms with Crippen LogP contribution in [0.5, 0.6) is 0 Å². The van der Waals surface area contributed by atoms with Gasteiger partial charge in [-0.3, -0.25) is 0 Å². The number of ether oxygens (including phenoxy) is 2. The van der Waals surface area contributed by atoms with Crippen LogP contribution in [0.4, 0.5) is 0 Å². The quantitative estimate of drug-likeness (QED) is 0.0262. The maximum atomic E-state index is 12.2. The fourth-order valence-electron chi connectivity index (χ4n) is 6.36. The topological polar surface area (TPSA) is 52.6 Å². The number of esters is 2. The Morgan fingerprint density at radius 3 is 1.04 bits per heavy atom. The van der Waals surface area contributed by atoms with Gasteiger partial charge in [-0.2, -0.15) is 0 Å². The van der Waals surface area contributed by atoms with Crippen LogP contribution in [0.2, 0.25) is 19.8 Å². The van der Waals surface area contributed by atoms with Gasteiger partial charge in [-0.05, 0) is 25.7 Å². The first-order chi connectivity index (χ1) is 25.6. The van der Waals surface area contributed by atoms with Crippen LogP contribution >= 0.6 is 24.0 Å². The van der Waals surface area contributed by atoms with Crippen LogP contribution in [0.15, 0.2) is 24.3 Å². The van der Waals surface area contributed by atoms with Gasteiger partial charge in [0.2, 0.25) is 0 Å². The van der Waals surface area contributed by atoms with Gasteiger partial charge in [0.05, 0.1) is 0 Å². The molecule has 0 atom stereocenters. The number of carbonyl (C=O) groups is 2. The Bertz CT molecular complexity index is 828. The van der Waals surface area contributed by atoms with Crippen LogP contribution in [0.1, 0.15) is 194 Å². The normalized spacial score (nSPS) is 12.3. The van der Waals surface area contributed by atoms with Crippen molar-refractivity contribution >= 4 is 67.2 Å². The number of rotatable bonds is 40. The van der Waals surface area contributed by atoms with Crippen LogP contribution < -0.4 is 0 Å². The molecule has 0 aliphatic rings. The van der Waals surface area contributed by atoms with Crippen molar-refractivity contribution in [3.05, 3.63) is 24.3 Å². The summed E-state index contributed by atoms with van der Waals surface area (Å²) in [5.74, 6) is 1.81. The van der Waals surface area contributed by atoms with Gasteiger partial charge in [-0.25, -0.2) is 0 Å². The minimum Gasteiger partial charge on any atom is -0.0885 e. The third kappa shape index (κ3) is 42.5. The summed E-state index contributed by atoms with van der Waals surface area (Å²) in [5.41, 5.74) is 0. The molecule has 0 saturated heterocycles. The van der Waals surface area contributed by atoms with E-state index in [2.05, 4.69) is 81.9 Å². The maximum absolute atomic E-state index is 12.2. The molecule has 0 radical (unpaired) electrons. The monoisotopic (exact) mass is 1010 g/mol. The minimum atomic E-state index is -2.32. The SMILES string of the molecule is CCCCCCCC/C=C\CCCCCCCC(=O)OCC[S][Sn]([CH3])([CH3])[S][Sn]([CH3])([CH3])[S]CCOC(=O)CCCCCCC/C=C\CCCCCCCC. The van der Waals surface area contributed by atoms with Gasteiger partial charge in [-0.1, -0.05) is 102 Å². The molecule has 0 saturated carbocycles. The van der Waals surface area contributed by atoms with E-state index < -0.39 is 31.2 Å². The fraction of sp³-hybridized carbons (Fsp3) is 0.864. The first-order valence-electron chi connectivity index (χ1n) is 22.2. The summed E-state index contributed by atoms with van der Waals surface area (Å²) >= 11 is -4.64. The molecule has 0 rings (SSSR count). The summed E-state index contributed by atoms with van der Waals surface area (Å²) in [6, 6.07) is 0. The molecular weight excluding hydrogens is 926 g/mol. The van der Waals surface area contributed by atoms with Crippen molar-refractivity contribution in [3.8, 4) is 0 Å². The Morgan fingerprint density at radius 1 is 0.434 bits per heavy atom. The van der Waals surface area contributed by atoms with Crippen LogP contribution in [0.25, 0.3) is 0 Å². The van der Waals surface area contributed by atoms with E-state index in [4.69, 9.17) is 9.47 Å². The first kappa shape index (κ1) is 54.1. The zero-order chi connectivity index (χ0) is 39.1. The van der Waals surface area contributed by atoms with E-state index in [9.17, 15) is 9.59 Å². The summed E-state index contributed by atoms with van der Waals surface area (Å²) in [5, 5.41) is 0. The van der Waals surface area contributed by atoms with E-state index >= 15 is 0 Å². The van der Waals surface area contributed by atoms with Gasteiger partial charge < -0.3 is 0 Å². The van der Waals surface area contributed by atoms with E-state index in [0.717, 1.165) is 37.2 Å². The van der Waals surface area contributed by atoms with E-state index in [1.54, 1.807) is 0 Å². The van der Waals surface area contributed by atoms with Crippen LogP contribution in [0, 0.1) is 0 Å². The molecule has 0 spiro atoms. The minimum absolute atomic E-state index is 0.0225. The number of allylic oxidation sites excluding steroid dienone is 4. The van der Waals surface area contributed by atoms with Gasteiger partial charge in [0.1, 0.15) is 0 Å². The molecule has 0 N–H and O–H groups in total. The van der Waals surface area contributed by atoms with Crippen molar-refractivity contribution in [2.24, 2.45) is 0 Å². The average molecular weight is 1010 g/mol. The van der Waals surface area contributed by atoms with Gasteiger partial charge >= 0.3 is 221 Å². The summed E-state index contributed by atoms with van der Waals surface area (Å²) in [4.78, 5) is 34.5. The smallest absolute Gasteiger partial charge is 0.0885 e. The van der Waals surface area contributed by atoms with Crippen LogP contribution in [0.3, 0.4) is 0 Å². The summed E-state index contributed by atoms with van der Waals surface area (Å²) in [6.07, 6.45) is 45.9.